The summed E-state index contributed by atoms with van der Waals surface area (Å²) >= 11 is 8.93. The van der Waals surface area contributed by atoms with Crippen molar-refractivity contribution < 1.29 is 13.9 Å². The van der Waals surface area contributed by atoms with Crippen molar-refractivity contribution in [2.75, 3.05) is 0 Å². The number of aliphatic hydroxyl groups is 1. The first kappa shape index (κ1) is 14.4. The second kappa shape index (κ2) is 5.99. The van der Waals surface area contributed by atoms with Crippen LogP contribution < -0.4 is 0 Å². The minimum Gasteiger partial charge on any atom is -0.388 e. The molecule has 0 saturated heterocycles. The van der Waals surface area contributed by atoms with E-state index in [9.17, 15) is 13.9 Å². The molecule has 0 aliphatic rings. The van der Waals surface area contributed by atoms with E-state index < -0.39 is 17.7 Å². The van der Waals surface area contributed by atoms with Gasteiger partial charge < -0.3 is 5.11 Å². The molecule has 0 amide bonds. The van der Waals surface area contributed by atoms with Gasteiger partial charge in [-0.2, -0.15) is 0 Å². The fourth-order valence-electron chi connectivity index (χ4n) is 1.79. The fraction of sp³-hybridized carbons (Fsp3) is 0.143. The number of aliphatic hydroxyl groups excluding tert-OH is 1. The molecule has 1 unspecified atom stereocenters. The van der Waals surface area contributed by atoms with E-state index in [0.717, 1.165) is 0 Å². The van der Waals surface area contributed by atoms with E-state index in [1.54, 1.807) is 6.07 Å². The standard InChI is InChI=1S/C14H10BrClF2O/c15-10-3-9(5-12(17)7-10)14(19)6-8-4-11(16)1-2-13(8)18/h1-5,7,14,19H,6H2. The summed E-state index contributed by atoms with van der Waals surface area (Å²) < 4.78 is 27.3. The number of hydrogen-bond acceptors (Lipinski definition) is 1. The van der Waals surface area contributed by atoms with Crippen LogP contribution in [0.5, 0.6) is 0 Å². The van der Waals surface area contributed by atoms with Gasteiger partial charge >= 0.3 is 0 Å². The van der Waals surface area contributed by atoms with Gasteiger partial charge in [0.15, 0.2) is 0 Å². The first-order valence-electron chi connectivity index (χ1n) is 5.53. The Bertz CT molecular complexity index is 584. The maximum Gasteiger partial charge on any atom is 0.126 e. The summed E-state index contributed by atoms with van der Waals surface area (Å²) in [6.07, 6.45) is -0.970. The molecule has 0 heterocycles. The van der Waals surface area contributed by atoms with Crippen LogP contribution in [0.4, 0.5) is 8.78 Å². The molecule has 0 radical (unpaired) electrons. The minimum atomic E-state index is -1.00. The summed E-state index contributed by atoms with van der Waals surface area (Å²) in [6.45, 7) is 0. The summed E-state index contributed by atoms with van der Waals surface area (Å²) in [5.41, 5.74) is 0.673. The van der Waals surface area contributed by atoms with Gasteiger partial charge in [0.2, 0.25) is 0 Å². The van der Waals surface area contributed by atoms with Gasteiger partial charge in [-0.15, -0.1) is 0 Å². The highest BCUT2D eigenvalue weighted by atomic mass is 79.9. The van der Waals surface area contributed by atoms with Crippen LogP contribution in [0.15, 0.2) is 40.9 Å². The highest BCUT2D eigenvalue weighted by Crippen LogP contribution is 2.25. The minimum absolute atomic E-state index is 0.0300. The summed E-state index contributed by atoms with van der Waals surface area (Å²) in [5.74, 6) is -0.908. The third kappa shape index (κ3) is 3.75. The molecule has 0 bridgehead atoms. The second-order valence-electron chi connectivity index (χ2n) is 4.16. The summed E-state index contributed by atoms with van der Waals surface area (Å²) in [5, 5.41) is 10.4. The topological polar surface area (TPSA) is 20.2 Å². The van der Waals surface area contributed by atoms with Crippen molar-refractivity contribution in [3.8, 4) is 0 Å². The van der Waals surface area contributed by atoms with Crippen molar-refractivity contribution in [2.45, 2.75) is 12.5 Å². The van der Waals surface area contributed by atoms with Gasteiger partial charge in [0, 0.05) is 15.9 Å². The Morgan fingerprint density at radius 1 is 1.16 bits per heavy atom. The zero-order valence-electron chi connectivity index (χ0n) is 9.71. The summed E-state index contributed by atoms with van der Waals surface area (Å²) in [7, 11) is 0. The molecule has 0 aromatic heterocycles. The average Bonchev–Trinajstić information content (AvgIpc) is 2.32. The van der Waals surface area contributed by atoms with Crippen LogP contribution in [-0.2, 0) is 6.42 Å². The van der Waals surface area contributed by atoms with Crippen LogP contribution in [0, 0.1) is 11.6 Å². The maximum absolute atomic E-state index is 13.6. The SMILES string of the molecule is OC(Cc1cc(Cl)ccc1F)c1cc(F)cc(Br)c1. The number of hydrogen-bond donors (Lipinski definition) is 1. The number of halogens is 4. The van der Waals surface area contributed by atoms with E-state index in [2.05, 4.69) is 15.9 Å². The zero-order valence-corrected chi connectivity index (χ0v) is 12.0. The van der Waals surface area contributed by atoms with Gasteiger partial charge in [-0.05, 0) is 47.5 Å². The molecule has 0 spiro atoms. The fourth-order valence-corrected chi connectivity index (χ4v) is 2.47. The van der Waals surface area contributed by atoms with Crippen molar-refractivity contribution in [3.05, 3.63) is 68.7 Å². The Morgan fingerprint density at radius 3 is 2.58 bits per heavy atom. The molecule has 0 fully saturated rings. The first-order chi connectivity index (χ1) is 8.95. The Hall–Kier alpha value is -0.970. The Balaban J connectivity index is 2.25. The van der Waals surface area contributed by atoms with E-state index in [-0.39, 0.29) is 6.42 Å². The summed E-state index contributed by atoms with van der Waals surface area (Å²) in [4.78, 5) is 0. The summed E-state index contributed by atoms with van der Waals surface area (Å²) in [6, 6.07) is 8.23. The van der Waals surface area contributed by atoms with Crippen LogP contribution in [-0.4, -0.2) is 5.11 Å². The second-order valence-corrected chi connectivity index (χ2v) is 5.51. The molecular formula is C14H10BrClF2O. The number of rotatable bonds is 3. The molecule has 0 aliphatic heterocycles. The predicted octanol–water partition coefficient (Wildman–Crippen LogP) is 4.66. The molecule has 0 aliphatic carbocycles. The lowest BCUT2D eigenvalue weighted by Crippen LogP contribution is -2.04. The molecule has 1 atom stereocenters. The van der Waals surface area contributed by atoms with Crippen molar-refractivity contribution in [1.29, 1.82) is 0 Å². The van der Waals surface area contributed by atoms with Crippen LogP contribution >= 0.6 is 27.5 Å². The molecule has 1 N–H and O–H groups in total. The van der Waals surface area contributed by atoms with Crippen LogP contribution in [0.1, 0.15) is 17.2 Å². The van der Waals surface area contributed by atoms with Crippen molar-refractivity contribution in [2.24, 2.45) is 0 Å². The van der Waals surface area contributed by atoms with Crippen LogP contribution in [0.25, 0.3) is 0 Å². The zero-order chi connectivity index (χ0) is 14.0. The van der Waals surface area contributed by atoms with Crippen molar-refractivity contribution >= 4 is 27.5 Å². The molecule has 19 heavy (non-hydrogen) atoms. The van der Waals surface area contributed by atoms with Gasteiger partial charge in [0.05, 0.1) is 6.10 Å². The number of benzene rings is 2. The van der Waals surface area contributed by atoms with E-state index in [0.29, 0.717) is 20.6 Å². The largest absolute Gasteiger partial charge is 0.388 e. The third-order valence-electron chi connectivity index (χ3n) is 2.69. The lowest BCUT2D eigenvalue weighted by molar-refractivity contribution is 0.176. The monoisotopic (exact) mass is 346 g/mol. The first-order valence-corrected chi connectivity index (χ1v) is 6.71. The van der Waals surface area contributed by atoms with E-state index in [1.807, 2.05) is 0 Å². The van der Waals surface area contributed by atoms with E-state index in [4.69, 9.17) is 11.6 Å². The van der Waals surface area contributed by atoms with Gasteiger partial charge in [0.1, 0.15) is 11.6 Å². The molecule has 0 saturated carbocycles. The quantitative estimate of drug-likeness (QED) is 0.856. The Morgan fingerprint density at radius 2 is 1.89 bits per heavy atom. The third-order valence-corrected chi connectivity index (χ3v) is 3.38. The molecule has 1 nitrogen and oxygen atoms in total. The Labute approximate surface area is 123 Å². The average molecular weight is 348 g/mol. The van der Waals surface area contributed by atoms with Crippen LogP contribution in [0.3, 0.4) is 0 Å². The lowest BCUT2D eigenvalue weighted by Gasteiger charge is -2.12. The normalized spacial score (nSPS) is 12.5. The highest BCUT2D eigenvalue weighted by Gasteiger charge is 2.13. The van der Waals surface area contributed by atoms with Crippen molar-refractivity contribution in [3.63, 3.8) is 0 Å². The molecule has 2 aromatic carbocycles. The lowest BCUT2D eigenvalue weighted by atomic mass is 10.0. The smallest absolute Gasteiger partial charge is 0.126 e. The van der Waals surface area contributed by atoms with Gasteiger partial charge in [-0.1, -0.05) is 27.5 Å². The molecule has 5 heteroatoms. The van der Waals surface area contributed by atoms with Gasteiger partial charge in [0.25, 0.3) is 0 Å². The Kier molecular flexibility index (Phi) is 4.55. The van der Waals surface area contributed by atoms with E-state index >= 15 is 0 Å². The highest BCUT2D eigenvalue weighted by molar-refractivity contribution is 9.10. The maximum atomic E-state index is 13.6. The van der Waals surface area contributed by atoms with Crippen LogP contribution in [0.2, 0.25) is 5.02 Å². The van der Waals surface area contributed by atoms with Gasteiger partial charge in [-0.25, -0.2) is 8.78 Å². The molecule has 2 aromatic rings. The van der Waals surface area contributed by atoms with E-state index in [1.165, 1.54) is 30.3 Å². The predicted molar refractivity (Wildman–Crippen MR) is 74.2 cm³/mol. The van der Waals surface area contributed by atoms with Gasteiger partial charge in [-0.3, -0.25) is 0 Å². The molecule has 2 rings (SSSR count). The molecule has 100 valence electrons. The molecular weight excluding hydrogens is 338 g/mol. The van der Waals surface area contributed by atoms with Crippen molar-refractivity contribution in [1.82, 2.24) is 0 Å².